The van der Waals surface area contributed by atoms with Crippen molar-refractivity contribution in [1.82, 2.24) is 0 Å². The lowest BCUT2D eigenvalue weighted by Gasteiger charge is -2.28. The van der Waals surface area contributed by atoms with Crippen LogP contribution in [0.25, 0.3) is 11.1 Å². The van der Waals surface area contributed by atoms with Gasteiger partial charge in [0.1, 0.15) is 17.5 Å². The van der Waals surface area contributed by atoms with Gasteiger partial charge in [-0.3, -0.25) is 4.39 Å². The zero-order valence-electron chi connectivity index (χ0n) is 15.7. The highest BCUT2D eigenvalue weighted by molar-refractivity contribution is 5.65. The number of aryl methyl sites for hydroxylation is 1. The summed E-state index contributed by atoms with van der Waals surface area (Å²) < 4.78 is 56.4. The summed E-state index contributed by atoms with van der Waals surface area (Å²) >= 11 is 0. The summed E-state index contributed by atoms with van der Waals surface area (Å²) in [5, 5.41) is 0. The quantitative estimate of drug-likeness (QED) is 0.461. The first-order valence-electron chi connectivity index (χ1n) is 9.87. The molecule has 0 saturated heterocycles. The molecule has 0 aromatic heterocycles. The van der Waals surface area contributed by atoms with Crippen LogP contribution in [0.2, 0.25) is 0 Å². The van der Waals surface area contributed by atoms with Crippen LogP contribution < -0.4 is 0 Å². The molecule has 0 atom stereocenters. The molecule has 0 spiro atoms. The Hall–Kier alpha value is -1.84. The van der Waals surface area contributed by atoms with Crippen LogP contribution in [-0.2, 0) is 6.42 Å². The van der Waals surface area contributed by atoms with Crippen molar-refractivity contribution in [2.45, 2.75) is 57.8 Å². The van der Waals surface area contributed by atoms with Gasteiger partial charge in [-0.15, -0.1) is 0 Å². The Balaban J connectivity index is 1.83. The molecule has 0 radical (unpaired) electrons. The van der Waals surface area contributed by atoms with Gasteiger partial charge in [-0.2, -0.15) is 0 Å². The van der Waals surface area contributed by atoms with Gasteiger partial charge in [0.25, 0.3) is 0 Å². The van der Waals surface area contributed by atoms with E-state index < -0.39 is 17.5 Å². The van der Waals surface area contributed by atoms with Crippen LogP contribution in [0, 0.1) is 23.4 Å². The van der Waals surface area contributed by atoms with Crippen molar-refractivity contribution in [3.05, 3.63) is 58.9 Å². The van der Waals surface area contributed by atoms with E-state index in [1.54, 1.807) is 12.1 Å². The largest absolute Gasteiger partial charge is 0.251 e. The topological polar surface area (TPSA) is 0 Å². The van der Waals surface area contributed by atoms with Gasteiger partial charge in [-0.25, -0.2) is 13.2 Å². The van der Waals surface area contributed by atoms with E-state index in [9.17, 15) is 17.6 Å². The molecule has 0 bridgehead atoms. The minimum absolute atomic E-state index is 0.0976. The molecule has 1 fully saturated rings. The fourth-order valence-electron chi connectivity index (χ4n) is 4.26. The number of hydrogen-bond donors (Lipinski definition) is 0. The average molecular weight is 378 g/mol. The fourth-order valence-corrected chi connectivity index (χ4v) is 4.26. The van der Waals surface area contributed by atoms with Gasteiger partial charge in [0.15, 0.2) is 0 Å². The highest BCUT2D eigenvalue weighted by Crippen LogP contribution is 2.40. The van der Waals surface area contributed by atoms with Gasteiger partial charge in [0, 0.05) is 11.1 Å². The summed E-state index contributed by atoms with van der Waals surface area (Å²) in [6.07, 6.45) is 5.12. The van der Waals surface area contributed by atoms with E-state index in [0.29, 0.717) is 25.2 Å². The lowest BCUT2D eigenvalue weighted by atomic mass is 9.77. The second kappa shape index (κ2) is 8.90. The molecule has 0 heterocycles. The summed E-state index contributed by atoms with van der Waals surface area (Å²) in [6, 6.07) is 7.32. The molecule has 4 heteroatoms. The first-order chi connectivity index (χ1) is 13.0. The molecule has 0 nitrogen and oxygen atoms in total. The predicted molar refractivity (Wildman–Crippen MR) is 101 cm³/mol. The van der Waals surface area contributed by atoms with Crippen molar-refractivity contribution < 1.29 is 17.6 Å². The Labute approximate surface area is 158 Å². The van der Waals surface area contributed by atoms with Gasteiger partial charge >= 0.3 is 0 Å². The van der Waals surface area contributed by atoms with Crippen LogP contribution in [-0.4, -0.2) is 6.67 Å². The molecule has 2 aromatic rings. The molecule has 1 aliphatic rings. The molecule has 0 aliphatic heterocycles. The second-order valence-corrected chi connectivity index (χ2v) is 7.61. The summed E-state index contributed by atoms with van der Waals surface area (Å²) in [6.45, 7) is 1.68. The summed E-state index contributed by atoms with van der Waals surface area (Å²) in [4.78, 5) is 0. The smallest absolute Gasteiger partial charge is 0.131 e. The minimum Gasteiger partial charge on any atom is -0.251 e. The van der Waals surface area contributed by atoms with Gasteiger partial charge in [0.05, 0.1) is 6.67 Å². The molecule has 2 aromatic carbocycles. The van der Waals surface area contributed by atoms with E-state index in [-0.39, 0.29) is 29.3 Å². The summed E-state index contributed by atoms with van der Waals surface area (Å²) in [5.74, 6) is -1.56. The van der Waals surface area contributed by atoms with Gasteiger partial charge in [-0.1, -0.05) is 25.5 Å². The van der Waals surface area contributed by atoms with Gasteiger partial charge < -0.3 is 0 Å². The van der Waals surface area contributed by atoms with Crippen LogP contribution in [0.5, 0.6) is 0 Å². The zero-order chi connectivity index (χ0) is 19.4. The van der Waals surface area contributed by atoms with Crippen LogP contribution in [0.15, 0.2) is 30.3 Å². The molecule has 27 heavy (non-hydrogen) atoms. The van der Waals surface area contributed by atoms with Crippen molar-refractivity contribution in [1.29, 1.82) is 0 Å². The number of halogens is 4. The first kappa shape index (κ1) is 19.9. The number of rotatable bonds is 6. The molecule has 1 aliphatic carbocycles. The normalized spacial score (nSPS) is 20.0. The van der Waals surface area contributed by atoms with E-state index >= 15 is 0 Å². The summed E-state index contributed by atoms with van der Waals surface area (Å²) in [7, 11) is 0. The van der Waals surface area contributed by atoms with Crippen LogP contribution in [0.1, 0.15) is 62.5 Å². The molecular formula is C23H26F4. The van der Waals surface area contributed by atoms with Gasteiger partial charge in [-0.05, 0) is 79.7 Å². The molecule has 0 amide bonds. The summed E-state index contributed by atoms with van der Waals surface area (Å²) in [5.41, 5.74) is 1.41. The molecule has 1 saturated carbocycles. The molecular weight excluding hydrogens is 352 g/mol. The zero-order valence-corrected chi connectivity index (χ0v) is 15.7. The van der Waals surface area contributed by atoms with E-state index in [2.05, 4.69) is 0 Å². The lowest BCUT2D eigenvalue weighted by molar-refractivity contribution is 0.278. The van der Waals surface area contributed by atoms with E-state index in [1.807, 2.05) is 6.92 Å². The fraction of sp³-hybridized carbons (Fsp3) is 0.478. The van der Waals surface area contributed by atoms with Crippen molar-refractivity contribution in [2.24, 2.45) is 5.92 Å². The lowest BCUT2D eigenvalue weighted by Crippen LogP contribution is -2.16. The Bertz CT molecular complexity index is 753. The molecule has 0 unspecified atom stereocenters. The highest BCUT2D eigenvalue weighted by Gasteiger charge is 2.27. The Morgan fingerprint density at radius 1 is 0.889 bits per heavy atom. The Morgan fingerprint density at radius 3 is 2.11 bits per heavy atom. The Kier molecular flexibility index (Phi) is 6.56. The predicted octanol–water partition coefficient (Wildman–Crippen LogP) is 7.36. The van der Waals surface area contributed by atoms with Gasteiger partial charge in [0.2, 0.25) is 0 Å². The second-order valence-electron chi connectivity index (χ2n) is 7.61. The van der Waals surface area contributed by atoms with Crippen molar-refractivity contribution in [3.63, 3.8) is 0 Å². The van der Waals surface area contributed by atoms with E-state index in [1.165, 1.54) is 18.2 Å². The van der Waals surface area contributed by atoms with E-state index in [4.69, 9.17) is 0 Å². The molecule has 146 valence electrons. The SMILES string of the molecule is CCCc1ccc(-c2cc(F)c(C3CCC(CCF)CC3)c(F)c2)c(F)c1. The van der Waals surface area contributed by atoms with E-state index in [0.717, 1.165) is 31.2 Å². The third-order valence-electron chi connectivity index (χ3n) is 5.73. The average Bonchev–Trinajstić information content (AvgIpc) is 2.63. The number of benzene rings is 2. The Morgan fingerprint density at radius 2 is 1.56 bits per heavy atom. The first-order valence-corrected chi connectivity index (χ1v) is 9.87. The van der Waals surface area contributed by atoms with Crippen LogP contribution in [0.4, 0.5) is 17.6 Å². The minimum atomic E-state index is -0.615. The highest BCUT2D eigenvalue weighted by atomic mass is 19.1. The monoisotopic (exact) mass is 378 g/mol. The van der Waals surface area contributed by atoms with Crippen molar-refractivity contribution in [2.75, 3.05) is 6.67 Å². The maximum atomic E-state index is 14.7. The van der Waals surface area contributed by atoms with Crippen LogP contribution in [0.3, 0.4) is 0 Å². The third-order valence-corrected chi connectivity index (χ3v) is 5.73. The maximum Gasteiger partial charge on any atom is 0.131 e. The maximum absolute atomic E-state index is 14.7. The van der Waals surface area contributed by atoms with Crippen molar-refractivity contribution in [3.8, 4) is 11.1 Å². The third kappa shape index (κ3) is 4.53. The standard InChI is InChI=1S/C23H26F4/c1-2-3-16-6-9-19(20(25)12-16)18-13-21(26)23(22(27)14-18)17-7-4-15(5-8-17)10-11-24/h6,9,12-15,17H,2-5,7-8,10-11H2,1H3. The number of alkyl halides is 1. The van der Waals surface area contributed by atoms with Crippen LogP contribution >= 0.6 is 0 Å². The van der Waals surface area contributed by atoms with Crippen molar-refractivity contribution >= 4 is 0 Å². The molecule has 0 N–H and O–H groups in total. The molecule has 3 rings (SSSR count). The number of hydrogen-bond acceptors (Lipinski definition) is 0.